The van der Waals surface area contributed by atoms with Gasteiger partial charge in [-0.1, -0.05) is 30.3 Å². The molecule has 4 nitrogen and oxygen atoms in total. The molecule has 1 heterocycles. The first kappa shape index (κ1) is 19.4. The van der Waals surface area contributed by atoms with E-state index in [1.165, 1.54) is 5.56 Å². The molecular formula is C23H30N2O2. The zero-order chi connectivity index (χ0) is 19.4. The number of benzene rings is 2. The minimum Gasteiger partial charge on any atom is -0.508 e. The van der Waals surface area contributed by atoms with E-state index in [0.717, 1.165) is 49.0 Å². The summed E-state index contributed by atoms with van der Waals surface area (Å²) in [5.41, 5.74) is 10.7. The molecule has 0 unspecified atom stereocenters. The molecule has 4 heteroatoms. The second kappa shape index (κ2) is 8.57. The third-order valence-corrected chi connectivity index (χ3v) is 5.72. The summed E-state index contributed by atoms with van der Waals surface area (Å²) < 4.78 is 0. The highest BCUT2D eigenvalue weighted by Gasteiger charge is 2.27. The standard InChI is InChI=1S/C23H30N2O2/c1-16-12-20(26)13-17(2)21(16)15-22(24)23(27)25-10-8-19(9-11-25)14-18-6-4-3-5-7-18/h3-7,12-13,19,22,26H,8-11,14-15,24H2,1-2H3/t22-/m0/s1. The van der Waals surface area contributed by atoms with Gasteiger partial charge >= 0.3 is 0 Å². The quantitative estimate of drug-likeness (QED) is 0.853. The Morgan fingerprint density at radius 1 is 1.15 bits per heavy atom. The lowest BCUT2D eigenvalue weighted by molar-refractivity contribution is -0.133. The maximum absolute atomic E-state index is 12.8. The molecule has 0 aromatic heterocycles. The normalized spacial score (nSPS) is 16.3. The number of hydrogen-bond donors (Lipinski definition) is 2. The molecule has 1 aliphatic heterocycles. The Morgan fingerprint density at radius 2 is 1.74 bits per heavy atom. The molecule has 1 aliphatic rings. The summed E-state index contributed by atoms with van der Waals surface area (Å²) in [5.74, 6) is 0.934. The Kier molecular flexibility index (Phi) is 6.17. The number of phenolic OH excluding ortho intramolecular Hbond substituents is 1. The molecule has 2 aromatic carbocycles. The molecule has 2 aromatic rings. The van der Waals surface area contributed by atoms with Gasteiger partial charge in [-0.25, -0.2) is 0 Å². The SMILES string of the molecule is Cc1cc(O)cc(C)c1C[C@H](N)C(=O)N1CCC(Cc2ccccc2)CC1. The van der Waals surface area contributed by atoms with Gasteiger partial charge in [-0.3, -0.25) is 4.79 Å². The summed E-state index contributed by atoms with van der Waals surface area (Å²) in [6.45, 7) is 5.48. The third-order valence-electron chi connectivity index (χ3n) is 5.72. The van der Waals surface area contributed by atoms with Crippen molar-refractivity contribution < 1.29 is 9.90 Å². The number of rotatable bonds is 5. The number of nitrogens with two attached hydrogens (primary N) is 1. The van der Waals surface area contributed by atoms with E-state index >= 15 is 0 Å². The van der Waals surface area contributed by atoms with Gasteiger partial charge in [0.15, 0.2) is 0 Å². The van der Waals surface area contributed by atoms with Gasteiger partial charge in [0.2, 0.25) is 5.91 Å². The van der Waals surface area contributed by atoms with Crippen LogP contribution in [0.4, 0.5) is 0 Å². The lowest BCUT2D eigenvalue weighted by Gasteiger charge is -2.33. The first-order valence-corrected chi connectivity index (χ1v) is 9.81. The van der Waals surface area contributed by atoms with Crippen LogP contribution >= 0.6 is 0 Å². The van der Waals surface area contributed by atoms with Crippen LogP contribution in [-0.2, 0) is 17.6 Å². The molecule has 3 N–H and O–H groups in total. The predicted octanol–water partition coefficient (Wildman–Crippen LogP) is 3.36. The second-order valence-corrected chi connectivity index (χ2v) is 7.83. The third kappa shape index (κ3) is 4.89. The van der Waals surface area contributed by atoms with Gasteiger partial charge < -0.3 is 15.7 Å². The van der Waals surface area contributed by atoms with Gasteiger partial charge in [0, 0.05) is 13.1 Å². The second-order valence-electron chi connectivity index (χ2n) is 7.83. The molecule has 144 valence electrons. The van der Waals surface area contributed by atoms with E-state index in [-0.39, 0.29) is 11.7 Å². The summed E-state index contributed by atoms with van der Waals surface area (Å²) in [6.07, 6.45) is 3.66. The van der Waals surface area contributed by atoms with E-state index in [1.807, 2.05) is 24.8 Å². The van der Waals surface area contributed by atoms with Crippen molar-refractivity contribution in [2.24, 2.45) is 11.7 Å². The highest BCUT2D eigenvalue weighted by atomic mass is 16.3. The van der Waals surface area contributed by atoms with E-state index in [9.17, 15) is 9.90 Å². The molecule has 1 atom stereocenters. The van der Waals surface area contributed by atoms with E-state index in [1.54, 1.807) is 12.1 Å². The van der Waals surface area contributed by atoms with E-state index < -0.39 is 6.04 Å². The number of nitrogens with zero attached hydrogens (tertiary/aromatic N) is 1. The fourth-order valence-corrected chi connectivity index (χ4v) is 4.14. The van der Waals surface area contributed by atoms with Crippen molar-refractivity contribution in [1.82, 2.24) is 4.90 Å². The van der Waals surface area contributed by atoms with Crippen LogP contribution < -0.4 is 5.73 Å². The van der Waals surface area contributed by atoms with E-state index in [2.05, 4.69) is 24.3 Å². The van der Waals surface area contributed by atoms with Crippen LogP contribution in [0.2, 0.25) is 0 Å². The number of piperidine rings is 1. The van der Waals surface area contributed by atoms with Crippen LogP contribution in [-0.4, -0.2) is 35.0 Å². The first-order valence-electron chi connectivity index (χ1n) is 9.81. The largest absolute Gasteiger partial charge is 0.508 e. The first-order chi connectivity index (χ1) is 12.9. The zero-order valence-electron chi connectivity index (χ0n) is 16.3. The van der Waals surface area contributed by atoms with Crippen molar-refractivity contribution in [1.29, 1.82) is 0 Å². The summed E-state index contributed by atoms with van der Waals surface area (Å²) in [5, 5.41) is 9.69. The molecular weight excluding hydrogens is 336 g/mol. The van der Waals surface area contributed by atoms with E-state index in [0.29, 0.717) is 12.3 Å². The van der Waals surface area contributed by atoms with Gasteiger partial charge in [-0.15, -0.1) is 0 Å². The molecule has 1 amide bonds. The molecule has 0 spiro atoms. The maximum Gasteiger partial charge on any atom is 0.239 e. The van der Waals surface area contributed by atoms with Crippen LogP contribution in [0.1, 0.15) is 35.1 Å². The van der Waals surface area contributed by atoms with Crippen LogP contribution in [0.25, 0.3) is 0 Å². The Hall–Kier alpha value is -2.33. The average Bonchev–Trinajstić information content (AvgIpc) is 2.65. The topological polar surface area (TPSA) is 66.6 Å². The van der Waals surface area contributed by atoms with Crippen LogP contribution in [0.15, 0.2) is 42.5 Å². The van der Waals surface area contributed by atoms with E-state index in [4.69, 9.17) is 5.73 Å². The average molecular weight is 367 g/mol. The fourth-order valence-electron chi connectivity index (χ4n) is 4.14. The Morgan fingerprint density at radius 3 is 2.33 bits per heavy atom. The summed E-state index contributed by atoms with van der Waals surface area (Å²) >= 11 is 0. The minimum atomic E-state index is -0.530. The van der Waals surface area contributed by atoms with Gasteiger partial charge in [0.05, 0.1) is 6.04 Å². The highest BCUT2D eigenvalue weighted by molar-refractivity contribution is 5.82. The number of likely N-dealkylation sites (tertiary alicyclic amines) is 1. The van der Waals surface area contributed by atoms with Crippen molar-refractivity contribution >= 4 is 5.91 Å². The molecule has 0 saturated carbocycles. The lowest BCUT2D eigenvalue weighted by Crippen LogP contribution is -2.48. The van der Waals surface area contributed by atoms with Crippen molar-refractivity contribution in [2.45, 2.75) is 45.6 Å². The zero-order valence-corrected chi connectivity index (χ0v) is 16.3. The Balaban J connectivity index is 1.54. The van der Waals surface area contributed by atoms with Crippen molar-refractivity contribution in [3.8, 4) is 5.75 Å². The number of aromatic hydroxyl groups is 1. The maximum atomic E-state index is 12.8. The van der Waals surface area contributed by atoms with Crippen LogP contribution in [0.5, 0.6) is 5.75 Å². The fraction of sp³-hybridized carbons (Fsp3) is 0.435. The molecule has 0 aliphatic carbocycles. The van der Waals surface area contributed by atoms with Gasteiger partial charge in [0.1, 0.15) is 5.75 Å². The lowest BCUT2D eigenvalue weighted by atomic mass is 9.89. The highest BCUT2D eigenvalue weighted by Crippen LogP contribution is 2.24. The number of carbonyl (C=O) groups is 1. The van der Waals surface area contributed by atoms with Crippen LogP contribution in [0, 0.1) is 19.8 Å². The van der Waals surface area contributed by atoms with Gasteiger partial charge in [-0.2, -0.15) is 0 Å². The Labute approximate surface area is 162 Å². The molecule has 0 radical (unpaired) electrons. The van der Waals surface area contributed by atoms with Crippen molar-refractivity contribution in [3.63, 3.8) is 0 Å². The number of hydrogen-bond acceptors (Lipinski definition) is 3. The summed E-state index contributed by atoms with van der Waals surface area (Å²) in [7, 11) is 0. The molecule has 3 rings (SSSR count). The smallest absolute Gasteiger partial charge is 0.239 e. The summed E-state index contributed by atoms with van der Waals surface area (Å²) in [4.78, 5) is 14.7. The molecule has 27 heavy (non-hydrogen) atoms. The van der Waals surface area contributed by atoms with Crippen LogP contribution in [0.3, 0.4) is 0 Å². The Bertz CT molecular complexity index is 757. The number of carbonyl (C=O) groups excluding carboxylic acids is 1. The van der Waals surface area contributed by atoms with Crippen molar-refractivity contribution in [3.05, 3.63) is 64.7 Å². The van der Waals surface area contributed by atoms with Gasteiger partial charge in [-0.05, 0) is 79.8 Å². The summed E-state index contributed by atoms with van der Waals surface area (Å²) in [6, 6.07) is 13.5. The predicted molar refractivity (Wildman–Crippen MR) is 109 cm³/mol. The molecule has 1 fully saturated rings. The monoisotopic (exact) mass is 366 g/mol. The number of aryl methyl sites for hydroxylation is 2. The molecule has 1 saturated heterocycles. The number of amides is 1. The van der Waals surface area contributed by atoms with Crippen molar-refractivity contribution in [2.75, 3.05) is 13.1 Å². The number of phenols is 1. The minimum absolute atomic E-state index is 0.0417. The van der Waals surface area contributed by atoms with Gasteiger partial charge in [0.25, 0.3) is 0 Å². The molecule has 0 bridgehead atoms.